The van der Waals surface area contributed by atoms with Gasteiger partial charge < -0.3 is 14.5 Å². The van der Waals surface area contributed by atoms with E-state index in [1.165, 1.54) is 51.9 Å². The van der Waals surface area contributed by atoms with Crippen molar-refractivity contribution in [3.8, 4) is 0 Å². The van der Waals surface area contributed by atoms with Crippen LogP contribution < -0.4 is 0 Å². The van der Waals surface area contributed by atoms with Crippen molar-refractivity contribution >= 4 is 0 Å². The molecule has 1 aliphatic heterocycles. The number of piperidine rings is 1. The average molecular weight is 313 g/mol. The van der Waals surface area contributed by atoms with E-state index in [4.69, 9.17) is 4.74 Å². The van der Waals surface area contributed by atoms with E-state index >= 15 is 0 Å². The Labute approximate surface area is 139 Å². The lowest BCUT2D eigenvalue weighted by molar-refractivity contribution is -0.0519. The molecule has 0 aromatic heterocycles. The number of nitrogens with zero attached hydrogens (tertiary/aromatic N) is 2. The zero-order valence-electron chi connectivity index (χ0n) is 16.2. The van der Waals surface area contributed by atoms with Crippen molar-refractivity contribution in [1.29, 1.82) is 0 Å². The lowest BCUT2D eigenvalue weighted by Crippen LogP contribution is -2.37. The zero-order valence-corrected chi connectivity index (χ0v) is 16.2. The molecule has 0 saturated carbocycles. The molecule has 0 aromatic rings. The van der Waals surface area contributed by atoms with E-state index in [1.807, 2.05) is 0 Å². The van der Waals surface area contributed by atoms with E-state index in [0.717, 1.165) is 5.92 Å². The minimum Gasteiger partial charge on any atom is -0.375 e. The summed E-state index contributed by atoms with van der Waals surface area (Å²) < 4.78 is 6.14. The summed E-state index contributed by atoms with van der Waals surface area (Å²) in [6, 6.07) is 0. The van der Waals surface area contributed by atoms with Gasteiger partial charge in [-0.3, -0.25) is 0 Å². The van der Waals surface area contributed by atoms with Crippen LogP contribution in [0.25, 0.3) is 0 Å². The lowest BCUT2D eigenvalue weighted by Gasteiger charge is -2.33. The predicted octanol–water partition coefficient (Wildman–Crippen LogP) is 3.88. The van der Waals surface area contributed by atoms with Crippen molar-refractivity contribution in [2.24, 2.45) is 11.3 Å². The maximum atomic E-state index is 6.14. The SMILES string of the molecule is CC(CCCN1CCC(CN(C)C)CC1)OC(C)C(C)(C)C. The molecule has 22 heavy (non-hydrogen) atoms. The van der Waals surface area contributed by atoms with E-state index in [0.29, 0.717) is 12.2 Å². The topological polar surface area (TPSA) is 15.7 Å². The quantitative estimate of drug-likeness (QED) is 0.676. The van der Waals surface area contributed by atoms with E-state index in [1.54, 1.807) is 0 Å². The van der Waals surface area contributed by atoms with Crippen molar-refractivity contribution in [2.75, 3.05) is 40.3 Å². The molecule has 1 heterocycles. The van der Waals surface area contributed by atoms with Crippen LogP contribution in [-0.2, 0) is 4.74 Å². The zero-order chi connectivity index (χ0) is 16.8. The molecule has 1 fully saturated rings. The van der Waals surface area contributed by atoms with Gasteiger partial charge in [-0.1, -0.05) is 20.8 Å². The van der Waals surface area contributed by atoms with Crippen LogP contribution in [0, 0.1) is 11.3 Å². The number of likely N-dealkylation sites (tertiary alicyclic amines) is 1. The average Bonchev–Trinajstić information content (AvgIpc) is 2.39. The van der Waals surface area contributed by atoms with Gasteiger partial charge in [0.25, 0.3) is 0 Å². The maximum absolute atomic E-state index is 6.14. The molecule has 1 saturated heterocycles. The Kier molecular flexibility index (Phi) is 8.37. The van der Waals surface area contributed by atoms with Gasteiger partial charge in [0, 0.05) is 6.54 Å². The number of ether oxygens (including phenoxy) is 1. The Bertz CT molecular complexity index is 290. The van der Waals surface area contributed by atoms with Crippen LogP contribution in [0.2, 0.25) is 0 Å². The van der Waals surface area contributed by atoms with Gasteiger partial charge in [-0.15, -0.1) is 0 Å². The monoisotopic (exact) mass is 312 g/mol. The molecule has 0 aromatic carbocycles. The van der Waals surface area contributed by atoms with E-state index in [9.17, 15) is 0 Å². The Morgan fingerprint density at radius 2 is 1.73 bits per heavy atom. The third-order valence-corrected chi connectivity index (χ3v) is 5.07. The molecule has 0 bridgehead atoms. The first kappa shape index (κ1) is 19.9. The molecule has 3 heteroatoms. The van der Waals surface area contributed by atoms with Crippen LogP contribution in [-0.4, -0.2) is 62.3 Å². The highest BCUT2D eigenvalue weighted by Gasteiger charge is 2.23. The first-order chi connectivity index (χ1) is 10.2. The van der Waals surface area contributed by atoms with Crippen LogP contribution in [0.4, 0.5) is 0 Å². The smallest absolute Gasteiger partial charge is 0.0598 e. The van der Waals surface area contributed by atoms with Gasteiger partial charge in [-0.05, 0) is 84.6 Å². The summed E-state index contributed by atoms with van der Waals surface area (Å²) in [5.41, 5.74) is 0.239. The molecule has 2 atom stereocenters. The minimum absolute atomic E-state index is 0.239. The van der Waals surface area contributed by atoms with Crippen molar-refractivity contribution < 1.29 is 4.74 Å². The summed E-state index contributed by atoms with van der Waals surface area (Å²) in [5, 5.41) is 0. The molecular formula is C19H40N2O. The van der Waals surface area contributed by atoms with E-state index < -0.39 is 0 Å². The van der Waals surface area contributed by atoms with E-state index in [-0.39, 0.29) is 5.41 Å². The van der Waals surface area contributed by atoms with Crippen molar-refractivity contribution in [2.45, 2.75) is 72.5 Å². The Morgan fingerprint density at radius 3 is 2.23 bits per heavy atom. The Hall–Kier alpha value is -0.120. The summed E-state index contributed by atoms with van der Waals surface area (Å²) >= 11 is 0. The molecule has 1 rings (SSSR count). The third-order valence-electron chi connectivity index (χ3n) is 5.07. The Balaban J connectivity index is 2.13. The molecule has 0 spiro atoms. The van der Waals surface area contributed by atoms with Crippen molar-refractivity contribution in [1.82, 2.24) is 9.80 Å². The fourth-order valence-electron chi connectivity index (χ4n) is 3.13. The standard InChI is InChI=1S/C19H40N2O/c1-16(22-17(2)19(3,4)5)9-8-12-21-13-10-18(11-14-21)15-20(6)7/h16-18H,8-15H2,1-7H3. The van der Waals surface area contributed by atoms with Crippen LogP contribution >= 0.6 is 0 Å². The molecule has 0 radical (unpaired) electrons. The molecular weight excluding hydrogens is 272 g/mol. The second-order valence-electron chi connectivity index (χ2n) is 8.64. The summed E-state index contributed by atoms with van der Waals surface area (Å²) in [5.74, 6) is 0.904. The summed E-state index contributed by atoms with van der Waals surface area (Å²) in [7, 11) is 4.37. The normalized spacial score (nSPS) is 21.3. The molecule has 0 amide bonds. The highest BCUT2D eigenvalue weighted by Crippen LogP contribution is 2.24. The van der Waals surface area contributed by atoms with Gasteiger partial charge >= 0.3 is 0 Å². The van der Waals surface area contributed by atoms with E-state index in [2.05, 4.69) is 58.5 Å². The number of hydrogen-bond donors (Lipinski definition) is 0. The summed E-state index contributed by atoms with van der Waals surface area (Å²) in [6.07, 6.45) is 5.87. The first-order valence-corrected chi connectivity index (χ1v) is 9.21. The molecule has 0 aliphatic carbocycles. The molecule has 132 valence electrons. The third kappa shape index (κ3) is 7.94. The maximum Gasteiger partial charge on any atom is 0.0598 e. The van der Waals surface area contributed by atoms with Crippen LogP contribution in [0.1, 0.15) is 60.3 Å². The number of hydrogen-bond acceptors (Lipinski definition) is 3. The second kappa shape index (κ2) is 9.24. The van der Waals surface area contributed by atoms with Crippen LogP contribution in [0.5, 0.6) is 0 Å². The molecule has 1 aliphatic rings. The lowest BCUT2D eigenvalue weighted by atomic mass is 9.90. The largest absolute Gasteiger partial charge is 0.375 e. The van der Waals surface area contributed by atoms with Crippen LogP contribution in [0.3, 0.4) is 0 Å². The Morgan fingerprint density at radius 1 is 1.14 bits per heavy atom. The van der Waals surface area contributed by atoms with Crippen LogP contribution in [0.15, 0.2) is 0 Å². The highest BCUT2D eigenvalue weighted by atomic mass is 16.5. The van der Waals surface area contributed by atoms with Gasteiger partial charge in [0.1, 0.15) is 0 Å². The summed E-state index contributed by atoms with van der Waals surface area (Å²) in [4.78, 5) is 4.97. The predicted molar refractivity (Wildman–Crippen MR) is 96.4 cm³/mol. The summed E-state index contributed by atoms with van der Waals surface area (Å²) in [6.45, 7) is 16.2. The van der Waals surface area contributed by atoms with Gasteiger partial charge in [-0.2, -0.15) is 0 Å². The van der Waals surface area contributed by atoms with Gasteiger partial charge in [0.15, 0.2) is 0 Å². The minimum atomic E-state index is 0.239. The van der Waals surface area contributed by atoms with Gasteiger partial charge in [0.05, 0.1) is 12.2 Å². The van der Waals surface area contributed by atoms with Gasteiger partial charge in [-0.25, -0.2) is 0 Å². The molecule has 3 nitrogen and oxygen atoms in total. The van der Waals surface area contributed by atoms with Gasteiger partial charge in [0.2, 0.25) is 0 Å². The molecule has 2 unspecified atom stereocenters. The fourth-order valence-corrected chi connectivity index (χ4v) is 3.13. The fraction of sp³-hybridized carbons (Fsp3) is 1.00. The van der Waals surface area contributed by atoms with Crippen molar-refractivity contribution in [3.05, 3.63) is 0 Å². The highest BCUT2D eigenvalue weighted by molar-refractivity contribution is 4.74. The second-order valence-corrected chi connectivity index (χ2v) is 8.64. The first-order valence-electron chi connectivity index (χ1n) is 9.21. The van der Waals surface area contributed by atoms with Crippen molar-refractivity contribution in [3.63, 3.8) is 0 Å². The number of rotatable bonds is 8. The molecule has 0 N–H and O–H groups in total.